The molecule has 0 saturated carbocycles. The van der Waals surface area contributed by atoms with Crippen LogP contribution in [0.3, 0.4) is 0 Å². The summed E-state index contributed by atoms with van der Waals surface area (Å²) in [6.45, 7) is 10.0. The Morgan fingerprint density at radius 3 is 2.00 bits per heavy atom. The topological polar surface area (TPSA) is 37.4 Å². The van der Waals surface area contributed by atoms with E-state index in [2.05, 4.69) is 0 Å². The number of rotatable bonds is 3. The standard InChI is InChI=1S/C12H21NO2/c1-7(2)9(5)13-11(14)6-10(8(3)4)12(13)15/h7-10H,6H2,1-5H3. The molecule has 1 heterocycles. The largest absolute Gasteiger partial charge is 0.279 e. The predicted molar refractivity (Wildman–Crippen MR) is 59.1 cm³/mol. The molecule has 0 aromatic carbocycles. The summed E-state index contributed by atoms with van der Waals surface area (Å²) in [6, 6.07) is 0.0220. The fourth-order valence-electron chi connectivity index (χ4n) is 1.92. The molecule has 1 aliphatic rings. The summed E-state index contributed by atoms with van der Waals surface area (Å²) in [7, 11) is 0. The number of likely N-dealkylation sites (tertiary alicyclic amines) is 1. The minimum Gasteiger partial charge on any atom is -0.279 e. The van der Waals surface area contributed by atoms with E-state index < -0.39 is 0 Å². The van der Waals surface area contributed by atoms with Gasteiger partial charge in [-0.25, -0.2) is 0 Å². The lowest BCUT2D eigenvalue weighted by Gasteiger charge is -2.26. The second kappa shape index (κ2) is 4.33. The Kier molecular flexibility index (Phi) is 3.53. The molecule has 2 unspecified atom stereocenters. The lowest BCUT2D eigenvalue weighted by Crippen LogP contribution is -2.41. The summed E-state index contributed by atoms with van der Waals surface area (Å²) in [6.07, 6.45) is 0.396. The minimum absolute atomic E-state index is 0.0000926. The summed E-state index contributed by atoms with van der Waals surface area (Å²) in [5.74, 6) is 0.504. The molecule has 15 heavy (non-hydrogen) atoms. The first-order valence-electron chi connectivity index (χ1n) is 5.72. The van der Waals surface area contributed by atoms with Gasteiger partial charge in [0.2, 0.25) is 11.8 Å². The van der Waals surface area contributed by atoms with E-state index in [1.54, 1.807) is 0 Å². The summed E-state index contributed by atoms with van der Waals surface area (Å²) in [4.78, 5) is 25.2. The van der Waals surface area contributed by atoms with Crippen molar-refractivity contribution in [2.75, 3.05) is 0 Å². The fraction of sp³-hybridized carbons (Fsp3) is 0.833. The van der Waals surface area contributed by atoms with Crippen LogP contribution in [0.5, 0.6) is 0 Å². The molecule has 1 fully saturated rings. The molecule has 0 bridgehead atoms. The number of hydrogen-bond donors (Lipinski definition) is 0. The quantitative estimate of drug-likeness (QED) is 0.670. The summed E-state index contributed by atoms with van der Waals surface area (Å²) in [5, 5.41) is 0. The molecular weight excluding hydrogens is 190 g/mol. The highest BCUT2D eigenvalue weighted by Crippen LogP contribution is 2.29. The average molecular weight is 211 g/mol. The van der Waals surface area contributed by atoms with E-state index in [1.165, 1.54) is 4.90 Å². The number of carbonyl (C=O) groups is 2. The van der Waals surface area contributed by atoms with E-state index in [4.69, 9.17) is 0 Å². The van der Waals surface area contributed by atoms with Gasteiger partial charge in [-0.3, -0.25) is 14.5 Å². The molecule has 3 nitrogen and oxygen atoms in total. The van der Waals surface area contributed by atoms with E-state index in [9.17, 15) is 9.59 Å². The molecule has 0 aromatic heterocycles. The van der Waals surface area contributed by atoms with Crippen LogP contribution in [0.25, 0.3) is 0 Å². The SMILES string of the molecule is CC(C)C1CC(=O)N(C(C)C(C)C)C1=O. The first kappa shape index (κ1) is 12.2. The van der Waals surface area contributed by atoms with Crippen molar-refractivity contribution in [1.82, 2.24) is 4.90 Å². The van der Waals surface area contributed by atoms with Gasteiger partial charge in [0.05, 0.1) is 0 Å². The van der Waals surface area contributed by atoms with E-state index in [-0.39, 0.29) is 29.7 Å². The maximum Gasteiger partial charge on any atom is 0.233 e. The lowest BCUT2D eigenvalue weighted by molar-refractivity contribution is -0.143. The van der Waals surface area contributed by atoms with Gasteiger partial charge in [0.15, 0.2) is 0 Å². The molecule has 0 spiro atoms. The van der Waals surface area contributed by atoms with Crippen molar-refractivity contribution < 1.29 is 9.59 Å². The third kappa shape index (κ3) is 2.21. The van der Waals surface area contributed by atoms with Crippen molar-refractivity contribution in [2.45, 2.75) is 47.1 Å². The number of hydrogen-bond acceptors (Lipinski definition) is 2. The maximum absolute atomic E-state index is 12.0. The number of nitrogens with zero attached hydrogens (tertiary/aromatic N) is 1. The third-order valence-corrected chi connectivity index (χ3v) is 3.39. The van der Waals surface area contributed by atoms with E-state index in [1.807, 2.05) is 34.6 Å². The summed E-state index contributed by atoms with van der Waals surface area (Å²) in [5.41, 5.74) is 0. The van der Waals surface area contributed by atoms with Crippen molar-refractivity contribution in [2.24, 2.45) is 17.8 Å². The van der Waals surface area contributed by atoms with Crippen LogP contribution < -0.4 is 0 Å². The molecule has 0 radical (unpaired) electrons. The highest BCUT2D eigenvalue weighted by Gasteiger charge is 2.42. The monoisotopic (exact) mass is 211 g/mol. The molecule has 86 valence electrons. The van der Waals surface area contributed by atoms with E-state index in [0.29, 0.717) is 12.3 Å². The smallest absolute Gasteiger partial charge is 0.233 e. The van der Waals surface area contributed by atoms with Crippen molar-refractivity contribution >= 4 is 11.8 Å². The highest BCUT2D eigenvalue weighted by molar-refractivity contribution is 6.03. The zero-order valence-corrected chi connectivity index (χ0v) is 10.3. The fourth-order valence-corrected chi connectivity index (χ4v) is 1.92. The molecule has 1 aliphatic heterocycles. The number of amides is 2. The Balaban J connectivity index is 2.84. The van der Waals surface area contributed by atoms with Gasteiger partial charge in [0.25, 0.3) is 0 Å². The first-order chi connectivity index (χ1) is 6.86. The third-order valence-electron chi connectivity index (χ3n) is 3.39. The van der Waals surface area contributed by atoms with Crippen LogP contribution >= 0.6 is 0 Å². The molecule has 0 aromatic rings. The van der Waals surface area contributed by atoms with Gasteiger partial charge in [-0.2, -0.15) is 0 Å². The lowest BCUT2D eigenvalue weighted by atomic mass is 9.94. The van der Waals surface area contributed by atoms with Crippen LogP contribution in [0.2, 0.25) is 0 Å². The molecule has 1 rings (SSSR count). The Morgan fingerprint density at radius 2 is 1.67 bits per heavy atom. The molecule has 3 heteroatoms. The van der Waals surface area contributed by atoms with Crippen LogP contribution in [0.1, 0.15) is 41.0 Å². The Labute approximate surface area is 91.8 Å². The molecule has 2 atom stereocenters. The van der Waals surface area contributed by atoms with Gasteiger partial charge >= 0.3 is 0 Å². The molecule has 2 amide bonds. The van der Waals surface area contributed by atoms with Crippen molar-refractivity contribution in [3.8, 4) is 0 Å². The zero-order valence-electron chi connectivity index (χ0n) is 10.3. The van der Waals surface area contributed by atoms with Crippen LogP contribution in [0.4, 0.5) is 0 Å². The van der Waals surface area contributed by atoms with Crippen molar-refractivity contribution in [3.05, 3.63) is 0 Å². The molecule has 0 N–H and O–H groups in total. The molecule has 1 saturated heterocycles. The van der Waals surface area contributed by atoms with E-state index in [0.717, 1.165) is 0 Å². The zero-order chi connectivity index (χ0) is 11.7. The Hall–Kier alpha value is -0.860. The van der Waals surface area contributed by atoms with Crippen molar-refractivity contribution in [1.29, 1.82) is 0 Å². The minimum atomic E-state index is -0.0984. The second-order valence-electron chi connectivity index (χ2n) is 5.14. The normalized spacial score (nSPS) is 24.5. The van der Waals surface area contributed by atoms with Crippen molar-refractivity contribution in [3.63, 3.8) is 0 Å². The van der Waals surface area contributed by atoms with Crippen LogP contribution in [0, 0.1) is 17.8 Å². The first-order valence-corrected chi connectivity index (χ1v) is 5.72. The Morgan fingerprint density at radius 1 is 1.13 bits per heavy atom. The predicted octanol–water partition coefficient (Wildman–Crippen LogP) is 2.06. The van der Waals surface area contributed by atoms with Gasteiger partial charge in [-0.1, -0.05) is 27.7 Å². The highest BCUT2D eigenvalue weighted by atomic mass is 16.2. The summed E-state index contributed by atoms with van der Waals surface area (Å²) >= 11 is 0. The summed E-state index contributed by atoms with van der Waals surface area (Å²) < 4.78 is 0. The van der Waals surface area contributed by atoms with Crippen LogP contribution in [0.15, 0.2) is 0 Å². The van der Waals surface area contributed by atoms with Crippen LogP contribution in [-0.4, -0.2) is 22.8 Å². The van der Waals surface area contributed by atoms with Gasteiger partial charge in [0, 0.05) is 18.4 Å². The second-order valence-corrected chi connectivity index (χ2v) is 5.14. The number of imide groups is 1. The van der Waals surface area contributed by atoms with Gasteiger partial charge < -0.3 is 0 Å². The average Bonchev–Trinajstić information content (AvgIpc) is 2.41. The number of carbonyl (C=O) groups excluding carboxylic acids is 2. The van der Waals surface area contributed by atoms with Gasteiger partial charge in [0.1, 0.15) is 0 Å². The van der Waals surface area contributed by atoms with Gasteiger partial charge in [-0.15, -0.1) is 0 Å². The Bertz CT molecular complexity index is 271. The van der Waals surface area contributed by atoms with E-state index >= 15 is 0 Å². The molecular formula is C12H21NO2. The maximum atomic E-state index is 12.0. The molecule has 0 aliphatic carbocycles. The van der Waals surface area contributed by atoms with Crippen LogP contribution in [-0.2, 0) is 9.59 Å². The van der Waals surface area contributed by atoms with Gasteiger partial charge in [-0.05, 0) is 18.8 Å².